The monoisotopic (exact) mass is 486 g/mol. The molecule has 35 heavy (non-hydrogen) atoms. The Morgan fingerprint density at radius 3 is 2.69 bits per heavy atom. The van der Waals surface area contributed by atoms with Gasteiger partial charge in [0.2, 0.25) is 5.82 Å². The quantitative estimate of drug-likeness (QED) is 0.343. The topological polar surface area (TPSA) is 80.5 Å². The molecule has 0 bridgehead atoms. The number of rotatable bonds is 7. The Morgan fingerprint density at radius 2 is 1.97 bits per heavy atom. The number of ether oxygens (including phenoxy) is 1. The van der Waals surface area contributed by atoms with E-state index in [1.54, 1.807) is 23.3 Å². The molecular formula is C27H26N4O3S. The Bertz CT molecular complexity index is 1360. The van der Waals surface area contributed by atoms with Crippen LogP contribution in [0.4, 0.5) is 4.79 Å². The van der Waals surface area contributed by atoms with Gasteiger partial charge in [-0.15, -0.1) is 11.3 Å². The molecule has 1 aliphatic heterocycles. The van der Waals surface area contributed by atoms with Crippen molar-refractivity contribution in [2.45, 2.75) is 32.9 Å². The van der Waals surface area contributed by atoms with Crippen LogP contribution in [0.5, 0.6) is 5.75 Å². The third-order valence-corrected chi connectivity index (χ3v) is 7.06. The maximum atomic E-state index is 13.2. The van der Waals surface area contributed by atoms with Gasteiger partial charge in [0, 0.05) is 16.1 Å². The lowest BCUT2D eigenvalue weighted by atomic mass is 9.93. The predicted octanol–water partition coefficient (Wildman–Crippen LogP) is 6.07. The second-order valence-corrected chi connectivity index (χ2v) is 9.33. The molecule has 2 aromatic carbocycles. The number of methoxy groups -OCH3 is 1. The maximum Gasteiger partial charge on any atom is 0.322 e. The van der Waals surface area contributed by atoms with Crippen molar-refractivity contribution in [3.63, 3.8) is 0 Å². The fourth-order valence-corrected chi connectivity index (χ4v) is 4.91. The van der Waals surface area contributed by atoms with Gasteiger partial charge in [0.05, 0.1) is 25.3 Å². The molecule has 0 radical (unpaired) electrons. The first-order valence-electron chi connectivity index (χ1n) is 11.5. The molecule has 1 N–H and O–H groups in total. The van der Waals surface area contributed by atoms with E-state index in [2.05, 4.69) is 29.5 Å². The second kappa shape index (κ2) is 9.76. The Kier molecular flexibility index (Phi) is 6.37. The van der Waals surface area contributed by atoms with Crippen LogP contribution in [0.15, 0.2) is 76.3 Å². The molecule has 5 rings (SSSR count). The first-order chi connectivity index (χ1) is 17.1. The van der Waals surface area contributed by atoms with Gasteiger partial charge in [-0.1, -0.05) is 54.5 Å². The van der Waals surface area contributed by atoms with Gasteiger partial charge in [-0.05, 0) is 48.1 Å². The maximum absolute atomic E-state index is 13.2. The van der Waals surface area contributed by atoms with Crippen LogP contribution in [0.2, 0.25) is 0 Å². The minimum absolute atomic E-state index is 0.156. The zero-order valence-corrected chi connectivity index (χ0v) is 20.6. The van der Waals surface area contributed by atoms with Gasteiger partial charge in [-0.2, -0.15) is 4.98 Å². The molecule has 1 aliphatic rings. The molecule has 0 aliphatic carbocycles. The number of urea groups is 1. The molecule has 0 fully saturated rings. The largest absolute Gasteiger partial charge is 0.497 e. The lowest BCUT2D eigenvalue weighted by molar-refractivity contribution is 0.203. The highest BCUT2D eigenvalue weighted by Crippen LogP contribution is 2.38. The smallest absolute Gasteiger partial charge is 0.322 e. The van der Waals surface area contributed by atoms with Crippen LogP contribution in [0.1, 0.15) is 41.8 Å². The molecule has 0 saturated heterocycles. The summed E-state index contributed by atoms with van der Waals surface area (Å²) in [5, 5.41) is 9.41. The number of amides is 2. The van der Waals surface area contributed by atoms with Crippen molar-refractivity contribution >= 4 is 22.9 Å². The number of carbonyl (C=O) groups is 1. The zero-order valence-electron chi connectivity index (χ0n) is 19.8. The number of thiophene rings is 1. The predicted molar refractivity (Wildman–Crippen MR) is 136 cm³/mol. The third kappa shape index (κ3) is 4.57. The van der Waals surface area contributed by atoms with Crippen molar-refractivity contribution in [3.05, 3.63) is 93.6 Å². The standard InChI is InChI=1S/C27H26N4O3S/c1-4-18-10-12-19(13-11-18)24-23(17(2)31(27(32)28-24)16-22-9-6-14-35-22)26-29-25(30-34-26)20-7-5-8-21(15-20)33-3/h5-15,24H,4,16H2,1-3H3,(H,28,32). The molecule has 0 saturated carbocycles. The number of carbonyl (C=O) groups excluding carboxylic acids is 1. The van der Waals surface area contributed by atoms with Crippen molar-refractivity contribution in [1.82, 2.24) is 20.4 Å². The summed E-state index contributed by atoms with van der Waals surface area (Å²) < 4.78 is 11.1. The van der Waals surface area contributed by atoms with E-state index in [1.807, 2.05) is 60.8 Å². The summed E-state index contributed by atoms with van der Waals surface area (Å²) in [6.45, 7) is 4.52. The Labute approximate surface area is 208 Å². The molecule has 1 atom stereocenters. The summed E-state index contributed by atoms with van der Waals surface area (Å²) in [6, 6.07) is 19.2. The normalized spacial score (nSPS) is 15.9. The molecular weight excluding hydrogens is 460 g/mol. The summed E-state index contributed by atoms with van der Waals surface area (Å²) in [5.74, 6) is 1.55. The molecule has 178 valence electrons. The van der Waals surface area contributed by atoms with Crippen LogP contribution in [0, 0.1) is 0 Å². The minimum atomic E-state index is -0.411. The summed E-state index contributed by atoms with van der Waals surface area (Å²) in [7, 11) is 1.62. The fraction of sp³-hybridized carbons (Fsp3) is 0.222. The Balaban J connectivity index is 1.58. The molecule has 4 aromatic rings. The zero-order chi connectivity index (χ0) is 24.4. The van der Waals surface area contributed by atoms with Gasteiger partial charge >= 0.3 is 6.03 Å². The van der Waals surface area contributed by atoms with Gasteiger partial charge in [-0.25, -0.2) is 4.79 Å². The number of hydrogen-bond acceptors (Lipinski definition) is 6. The average molecular weight is 487 g/mol. The lowest BCUT2D eigenvalue weighted by Gasteiger charge is -2.35. The third-order valence-electron chi connectivity index (χ3n) is 6.20. The van der Waals surface area contributed by atoms with E-state index in [0.717, 1.165) is 33.7 Å². The number of allylic oxidation sites excluding steroid dienone is 1. The van der Waals surface area contributed by atoms with Crippen LogP contribution in [-0.2, 0) is 13.0 Å². The number of hydrogen-bond donors (Lipinski definition) is 1. The molecule has 1 unspecified atom stereocenters. The van der Waals surface area contributed by atoms with Gasteiger partial charge < -0.3 is 14.6 Å². The van der Waals surface area contributed by atoms with Crippen LogP contribution in [-0.4, -0.2) is 28.2 Å². The lowest BCUT2D eigenvalue weighted by Crippen LogP contribution is -2.45. The molecule has 3 heterocycles. The Morgan fingerprint density at radius 1 is 1.14 bits per heavy atom. The summed E-state index contributed by atoms with van der Waals surface area (Å²) in [5.41, 5.74) is 4.55. The number of nitrogens with one attached hydrogen (secondary N) is 1. The summed E-state index contributed by atoms with van der Waals surface area (Å²) >= 11 is 1.62. The minimum Gasteiger partial charge on any atom is -0.497 e. The van der Waals surface area contributed by atoms with Gasteiger partial charge in [0.15, 0.2) is 0 Å². The van der Waals surface area contributed by atoms with Crippen molar-refractivity contribution in [2.75, 3.05) is 7.11 Å². The van der Waals surface area contributed by atoms with E-state index in [4.69, 9.17) is 14.2 Å². The first kappa shape index (κ1) is 22.9. The van der Waals surface area contributed by atoms with E-state index in [1.165, 1.54) is 5.56 Å². The first-order valence-corrected chi connectivity index (χ1v) is 12.3. The van der Waals surface area contributed by atoms with E-state index >= 15 is 0 Å². The second-order valence-electron chi connectivity index (χ2n) is 8.30. The number of aromatic nitrogens is 2. The van der Waals surface area contributed by atoms with Crippen molar-refractivity contribution < 1.29 is 14.1 Å². The van der Waals surface area contributed by atoms with Crippen LogP contribution in [0.3, 0.4) is 0 Å². The van der Waals surface area contributed by atoms with Gasteiger partial charge in [-0.3, -0.25) is 4.90 Å². The van der Waals surface area contributed by atoms with Crippen LogP contribution < -0.4 is 10.1 Å². The average Bonchev–Trinajstić information content (AvgIpc) is 3.59. The summed E-state index contributed by atoms with van der Waals surface area (Å²) in [4.78, 5) is 20.8. The van der Waals surface area contributed by atoms with E-state index < -0.39 is 6.04 Å². The highest BCUT2D eigenvalue weighted by Gasteiger charge is 2.36. The van der Waals surface area contributed by atoms with E-state index in [-0.39, 0.29) is 6.03 Å². The fourth-order valence-electron chi connectivity index (χ4n) is 4.22. The summed E-state index contributed by atoms with van der Waals surface area (Å²) in [6.07, 6.45) is 0.946. The van der Waals surface area contributed by atoms with Crippen LogP contribution >= 0.6 is 11.3 Å². The van der Waals surface area contributed by atoms with Crippen LogP contribution in [0.25, 0.3) is 17.0 Å². The Hall–Kier alpha value is -3.91. The number of nitrogens with zero attached hydrogens (tertiary/aromatic N) is 3. The molecule has 7 nitrogen and oxygen atoms in total. The number of aryl methyl sites for hydroxylation is 1. The highest BCUT2D eigenvalue weighted by atomic mass is 32.1. The van der Waals surface area contributed by atoms with Gasteiger partial charge in [0.25, 0.3) is 5.89 Å². The van der Waals surface area contributed by atoms with E-state index in [9.17, 15) is 4.79 Å². The van der Waals surface area contributed by atoms with Crippen molar-refractivity contribution in [2.24, 2.45) is 0 Å². The van der Waals surface area contributed by atoms with Gasteiger partial charge in [0.1, 0.15) is 5.75 Å². The highest BCUT2D eigenvalue weighted by molar-refractivity contribution is 7.09. The number of benzene rings is 2. The van der Waals surface area contributed by atoms with Crippen molar-refractivity contribution in [1.29, 1.82) is 0 Å². The molecule has 2 aromatic heterocycles. The van der Waals surface area contributed by atoms with E-state index in [0.29, 0.717) is 24.0 Å². The molecule has 2 amide bonds. The SMILES string of the molecule is CCc1ccc(C2NC(=O)N(Cc3cccs3)C(C)=C2c2nc(-c3cccc(OC)c3)no2)cc1. The molecule has 8 heteroatoms. The molecule has 0 spiro atoms. The van der Waals surface area contributed by atoms with Crippen molar-refractivity contribution in [3.8, 4) is 17.1 Å².